The molecule has 8 nitrogen and oxygen atoms in total. The molecule has 9 heteroatoms. The number of nitrogens with zero attached hydrogens (tertiary/aromatic N) is 3. The van der Waals surface area contributed by atoms with Crippen molar-refractivity contribution >= 4 is 35.0 Å². The molecule has 3 aromatic carbocycles. The zero-order valence-corrected chi connectivity index (χ0v) is 27.1. The number of amides is 1. The lowest BCUT2D eigenvalue weighted by molar-refractivity contribution is -0.139. The molecule has 3 heterocycles. The second kappa shape index (κ2) is 13.7. The summed E-state index contributed by atoms with van der Waals surface area (Å²) in [6.07, 6.45) is 3.89. The van der Waals surface area contributed by atoms with Crippen molar-refractivity contribution in [1.29, 1.82) is 0 Å². The number of carbonyl (C=O) groups excluding carboxylic acids is 2. The number of hydrogen-bond acceptors (Lipinski definition) is 7. The van der Waals surface area contributed by atoms with E-state index in [1.165, 1.54) is 11.3 Å². The molecule has 0 N–H and O–H groups in total. The molecule has 0 saturated carbocycles. The molecule has 1 atom stereocenters. The van der Waals surface area contributed by atoms with Gasteiger partial charge in [0.2, 0.25) is 0 Å². The molecule has 0 unspecified atom stereocenters. The minimum atomic E-state index is -0.724. The van der Waals surface area contributed by atoms with Crippen LogP contribution in [0, 0.1) is 0 Å². The number of likely N-dealkylation sites (tertiary alicyclic amines) is 1. The summed E-state index contributed by atoms with van der Waals surface area (Å²) < 4.78 is 13.4. The van der Waals surface area contributed by atoms with E-state index in [0.29, 0.717) is 32.3 Å². The monoisotopic (exact) mass is 635 g/mol. The van der Waals surface area contributed by atoms with Crippen LogP contribution in [0.2, 0.25) is 0 Å². The fourth-order valence-electron chi connectivity index (χ4n) is 5.83. The number of carbonyl (C=O) groups is 2. The number of ether oxygens (including phenoxy) is 2. The van der Waals surface area contributed by atoms with Crippen LogP contribution in [0.4, 0.5) is 0 Å². The van der Waals surface area contributed by atoms with Crippen molar-refractivity contribution in [2.24, 2.45) is 4.99 Å². The molecule has 0 spiro atoms. The lowest BCUT2D eigenvalue weighted by Gasteiger charge is -2.26. The van der Waals surface area contributed by atoms with Gasteiger partial charge < -0.3 is 14.4 Å². The molecular weight excluding hydrogens is 598 g/mol. The highest BCUT2D eigenvalue weighted by molar-refractivity contribution is 7.07. The summed E-state index contributed by atoms with van der Waals surface area (Å²) in [6, 6.07) is 24.2. The zero-order chi connectivity index (χ0) is 32.2. The maximum Gasteiger partial charge on any atom is 0.338 e. The van der Waals surface area contributed by atoms with E-state index in [1.54, 1.807) is 23.6 Å². The Balaban J connectivity index is 1.41. The molecule has 0 aliphatic carbocycles. The number of aromatic nitrogens is 1. The third-order valence-corrected chi connectivity index (χ3v) is 9.27. The molecule has 1 saturated heterocycles. The molecule has 0 radical (unpaired) electrons. The van der Waals surface area contributed by atoms with Crippen molar-refractivity contribution in [3.63, 3.8) is 0 Å². The molecule has 236 valence electrons. The van der Waals surface area contributed by atoms with Crippen molar-refractivity contribution in [2.45, 2.75) is 45.6 Å². The SMILES string of the molecule is CCOC(=O)C1=C(c2ccccc2)N=c2s/c(=C/c3ccc(OCC(=O)N4CCCC4)cc3)c(=O)n2[C@H]1c1ccc(C(C)C)cc1. The first kappa shape index (κ1) is 31.2. The van der Waals surface area contributed by atoms with Gasteiger partial charge in [-0.1, -0.05) is 91.9 Å². The third-order valence-electron chi connectivity index (χ3n) is 8.29. The molecule has 1 fully saturated rings. The van der Waals surface area contributed by atoms with Crippen LogP contribution < -0.4 is 19.6 Å². The van der Waals surface area contributed by atoms with Crippen LogP contribution in [-0.2, 0) is 14.3 Å². The van der Waals surface area contributed by atoms with Crippen molar-refractivity contribution in [3.05, 3.63) is 126 Å². The van der Waals surface area contributed by atoms with Gasteiger partial charge in [-0.2, -0.15) is 0 Å². The zero-order valence-electron chi connectivity index (χ0n) is 26.3. The normalized spacial score (nSPS) is 16.4. The van der Waals surface area contributed by atoms with Crippen molar-refractivity contribution in [2.75, 3.05) is 26.3 Å². The van der Waals surface area contributed by atoms with E-state index in [1.807, 2.05) is 77.7 Å². The molecule has 2 aliphatic heterocycles. The number of esters is 1. The van der Waals surface area contributed by atoms with Crippen molar-refractivity contribution in [1.82, 2.24) is 9.47 Å². The Hall–Kier alpha value is -4.76. The maximum atomic E-state index is 14.2. The van der Waals surface area contributed by atoms with E-state index < -0.39 is 12.0 Å². The molecule has 46 heavy (non-hydrogen) atoms. The van der Waals surface area contributed by atoms with Crippen LogP contribution in [0.5, 0.6) is 5.75 Å². The van der Waals surface area contributed by atoms with Crippen LogP contribution in [-0.4, -0.2) is 47.6 Å². The fraction of sp³-hybridized carbons (Fsp3) is 0.297. The summed E-state index contributed by atoms with van der Waals surface area (Å²) in [5, 5.41) is 0. The summed E-state index contributed by atoms with van der Waals surface area (Å²) >= 11 is 1.28. The molecular formula is C37H37N3O5S. The van der Waals surface area contributed by atoms with Gasteiger partial charge in [-0.3, -0.25) is 14.2 Å². The number of rotatable bonds is 9. The fourth-order valence-corrected chi connectivity index (χ4v) is 6.83. The molecule has 1 amide bonds. The molecule has 2 aliphatic rings. The quantitative estimate of drug-likeness (QED) is 0.240. The number of fused-ring (bicyclic) bond motifs is 1. The smallest absolute Gasteiger partial charge is 0.338 e. The molecule has 4 aromatic rings. The average molecular weight is 636 g/mol. The van der Waals surface area contributed by atoms with Gasteiger partial charge in [-0.25, -0.2) is 9.79 Å². The standard InChI is InChI=1S/C37H37N3O5S/c1-4-44-36(43)32-33(27-10-6-5-7-11-27)38-37-40(34(32)28-16-14-26(15-17-28)24(2)3)35(42)30(46-37)22-25-12-18-29(19-13-25)45-23-31(41)39-20-8-9-21-39/h5-7,10-19,22,24,34H,4,8-9,20-21,23H2,1-3H3/b30-22+/t34-/m0/s1. The van der Waals surface area contributed by atoms with Gasteiger partial charge in [0, 0.05) is 18.7 Å². The van der Waals surface area contributed by atoms with Crippen LogP contribution in [0.1, 0.15) is 67.8 Å². The predicted octanol–water partition coefficient (Wildman–Crippen LogP) is 5.06. The number of benzene rings is 3. The van der Waals surface area contributed by atoms with Gasteiger partial charge in [0.05, 0.1) is 28.5 Å². The van der Waals surface area contributed by atoms with Gasteiger partial charge in [-0.05, 0) is 60.6 Å². The number of hydrogen-bond donors (Lipinski definition) is 0. The summed E-state index contributed by atoms with van der Waals surface area (Å²) in [4.78, 5) is 47.4. The van der Waals surface area contributed by atoms with Crippen molar-refractivity contribution in [3.8, 4) is 5.75 Å². The van der Waals surface area contributed by atoms with Crippen LogP contribution in [0.15, 0.2) is 94.2 Å². The summed E-state index contributed by atoms with van der Waals surface area (Å²) in [7, 11) is 0. The molecule has 1 aromatic heterocycles. The molecule has 0 bridgehead atoms. The summed E-state index contributed by atoms with van der Waals surface area (Å²) in [5.41, 5.74) is 4.11. The van der Waals surface area contributed by atoms with Crippen LogP contribution >= 0.6 is 11.3 Å². The Morgan fingerprint density at radius 1 is 0.978 bits per heavy atom. The summed E-state index contributed by atoms with van der Waals surface area (Å²) in [5.74, 6) is 0.408. The van der Waals surface area contributed by atoms with E-state index in [2.05, 4.69) is 13.8 Å². The highest BCUT2D eigenvalue weighted by atomic mass is 32.1. The highest BCUT2D eigenvalue weighted by Gasteiger charge is 2.35. The minimum absolute atomic E-state index is 0.00262. The first-order chi connectivity index (χ1) is 22.3. The first-order valence-corrected chi connectivity index (χ1v) is 16.5. The maximum absolute atomic E-state index is 14.2. The average Bonchev–Trinajstić information content (AvgIpc) is 3.72. The highest BCUT2D eigenvalue weighted by Crippen LogP contribution is 2.35. The molecule has 6 rings (SSSR count). The Kier molecular flexibility index (Phi) is 9.30. The van der Waals surface area contributed by atoms with Crippen molar-refractivity contribution < 1.29 is 19.1 Å². The van der Waals surface area contributed by atoms with E-state index >= 15 is 0 Å². The van der Waals surface area contributed by atoms with Crippen LogP contribution in [0.25, 0.3) is 11.8 Å². The van der Waals surface area contributed by atoms with Crippen LogP contribution in [0.3, 0.4) is 0 Å². The Bertz CT molecular complexity index is 1930. The van der Waals surface area contributed by atoms with E-state index in [-0.39, 0.29) is 24.7 Å². The van der Waals surface area contributed by atoms with Gasteiger partial charge >= 0.3 is 5.97 Å². The van der Waals surface area contributed by atoms with E-state index in [4.69, 9.17) is 14.5 Å². The van der Waals surface area contributed by atoms with E-state index in [9.17, 15) is 14.4 Å². The Morgan fingerprint density at radius 3 is 2.33 bits per heavy atom. The second-order valence-corrected chi connectivity index (χ2v) is 12.7. The first-order valence-electron chi connectivity index (χ1n) is 15.7. The van der Waals surface area contributed by atoms with E-state index in [0.717, 1.165) is 48.2 Å². The Morgan fingerprint density at radius 2 is 1.67 bits per heavy atom. The predicted molar refractivity (Wildman–Crippen MR) is 179 cm³/mol. The lowest BCUT2D eigenvalue weighted by Crippen LogP contribution is -2.40. The third kappa shape index (κ3) is 6.46. The lowest BCUT2D eigenvalue weighted by atomic mass is 9.91. The van der Waals surface area contributed by atoms with Gasteiger partial charge in [0.25, 0.3) is 11.5 Å². The van der Waals surface area contributed by atoms with Gasteiger partial charge in [-0.15, -0.1) is 0 Å². The topological polar surface area (TPSA) is 90.2 Å². The van der Waals surface area contributed by atoms with Gasteiger partial charge in [0.1, 0.15) is 5.75 Å². The second-order valence-electron chi connectivity index (χ2n) is 11.7. The summed E-state index contributed by atoms with van der Waals surface area (Å²) in [6.45, 7) is 7.80. The van der Waals surface area contributed by atoms with Gasteiger partial charge in [0.15, 0.2) is 11.4 Å². The Labute approximate surface area is 271 Å². The minimum Gasteiger partial charge on any atom is -0.484 e. The largest absolute Gasteiger partial charge is 0.484 e. The number of thiazole rings is 1.